The third kappa shape index (κ3) is 6.06. The van der Waals surface area contributed by atoms with Gasteiger partial charge in [0, 0.05) is 75.1 Å². The molecule has 0 bridgehead atoms. The molecule has 1 N–H and O–H groups in total. The molecule has 218 valence electrons. The Hall–Kier alpha value is -3.18. The lowest BCUT2D eigenvalue weighted by Gasteiger charge is -2.42. The molecule has 2 aromatic carbocycles. The van der Waals surface area contributed by atoms with Crippen molar-refractivity contribution >= 4 is 34.6 Å². The Labute approximate surface area is 245 Å². The fourth-order valence-corrected chi connectivity index (χ4v) is 6.30. The second-order valence-corrected chi connectivity index (χ2v) is 11.3. The number of hydroxylamine groups is 1. The van der Waals surface area contributed by atoms with Crippen LogP contribution >= 0.6 is 11.6 Å². The average molecular weight is 582 g/mol. The predicted octanol–water partition coefficient (Wildman–Crippen LogP) is 5.12. The van der Waals surface area contributed by atoms with Crippen LogP contribution in [0.1, 0.15) is 30.9 Å². The summed E-state index contributed by atoms with van der Waals surface area (Å²) in [5, 5.41) is 5.09. The summed E-state index contributed by atoms with van der Waals surface area (Å²) < 4.78 is 20.6. The second-order valence-electron chi connectivity index (χ2n) is 10.9. The predicted molar refractivity (Wildman–Crippen MR) is 160 cm³/mol. The standard InChI is InChI=1S/C30H37ClFN7O2/c1-36-13-15-37(16-14-36)22-8-11-38(12-9-22)26-7-6-21(18-27(26)40-2)35-28-19-29(34-20-33-28)39-25(10-17-41-39)23-4-3-5-24(31)30(23)32/h3-7,18-20,22,25H,8-17H2,1-2H3,(H,33,34,35). The van der Waals surface area contributed by atoms with Gasteiger partial charge in [-0.2, -0.15) is 0 Å². The Morgan fingerprint density at radius 3 is 2.59 bits per heavy atom. The van der Waals surface area contributed by atoms with E-state index in [0.29, 0.717) is 36.3 Å². The van der Waals surface area contributed by atoms with Crippen LogP contribution in [0.25, 0.3) is 0 Å². The van der Waals surface area contributed by atoms with Crippen LogP contribution in [0.4, 0.5) is 27.4 Å². The summed E-state index contributed by atoms with van der Waals surface area (Å²) in [4.78, 5) is 22.2. The van der Waals surface area contributed by atoms with E-state index in [1.165, 1.54) is 6.33 Å². The van der Waals surface area contributed by atoms with Gasteiger partial charge in [0.25, 0.3) is 0 Å². The van der Waals surface area contributed by atoms with Crippen LogP contribution in [0.3, 0.4) is 0 Å². The highest BCUT2D eigenvalue weighted by Gasteiger charge is 2.32. The zero-order chi connectivity index (χ0) is 28.3. The molecule has 3 aliphatic heterocycles. The molecule has 3 aromatic rings. The van der Waals surface area contributed by atoms with Crippen LogP contribution < -0.4 is 20.0 Å². The first-order valence-electron chi connectivity index (χ1n) is 14.3. The molecule has 4 heterocycles. The van der Waals surface area contributed by atoms with Crippen molar-refractivity contribution in [3.05, 3.63) is 65.2 Å². The first-order valence-corrected chi connectivity index (χ1v) is 14.7. The summed E-state index contributed by atoms with van der Waals surface area (Å²) >= 11 is 6.04. The van der Waals surface area contributed by atoms with Crippen LogP contribution in [0.15, 0.2) is 48.8 Å². The zero-order valence-corrected chi connectivity index (χ0v) is 24.4. The molecule has 0 amide bonds. The Morgan fingerprint density at radius 2 is 1.80 bits per heavy atom. The monoisotopic (exact) mass is 581 g/mol. The number of piperidine rings is 1. The Bertz CT molecular complexity index is 1350. The minimum Gasteiger partial charge on any atom is -0.495 e. The number of rotatable bonds is 7. The van der Waals surface area contributed by atoms with Crippen molar-refractivity contribution < 1.29 is 14.0 Å². The third-order valence-electron chi connectivity index (χ3n) is 8.44. The first kappa shape index (κ1) is 28.0. The fraction of sp³-hybridized carbons (Fsp3) is 0.467. The number of hydrogen-bond acceptors (Lipinski definition) is 9. The molecule has 41 heavy (non-hydrogen) atoms. The summed E-state index contributed by atoms with van der Waals surface area (Å²) in [5.74, 6) is 1.52. The van der Waals surface area contributed by atoms with Crippen molar-refractivity contribution in [1.29, 1.82) is 0 Å². The van der Waals surface area contributed by atoms with Crippen molar-refractivity contribution in [3.63, 3.8) is 0 Å². The molecule has 11 heteroatoms. The summed E-state index contributed by atoms with van der Waals surface area (Å²) in [6.45, 7) is 7.12. The van der Waals surface area contributed by atoms with Gasteiger partial charge in [-0.05, 0) is 38.1 Å². The minimum atomic E-state index is -0.433. The first-order chi connectivity index (χ1) is 20.0. The number of methoxy groups -OCH3 is 1. The van der Waals surface area contributed by atoms with Gasteiger partial charge in [0.05, 0.1) is 30.5 Å². The Morgan fingerprint density at radius 1 is 1.00 bits per heavy atom. The maximum atomic E-state index is 14.8. The number of ether oxygens (including phenoxy) is 1. The third-order valence-corrected chi connectivity index (χ3v) is 8.73. The Kier molecular flexibility index (Phi) is 8.43. The lowest BCUT2D eigenvalue weighted by Crippen LogP contribution is -2.52. The quantitative estimate of drug-likeness (QED) is 0.409. The molecule has 0 aliphatic carbocycles. The van der Waals surface area contributed by atoms with Gasteiger partial charge in [0.1, 0.15) is 23.7 Å². The largest absolute Gasteiger partial charge is 0.495 e. The topological polar surface area (TPSA) is 69.2 Å². The van der Waals surface area contributed by atoms with E-state index in [9.17, 15) is 4.39 Å². The minimum absolute atomic E-state index is 0.0937. The van der Waals surface area contributed by atoms with Gasteiger partial charge >= 0.3 is 0 Å². The molecule has 1 aromatic heterocycles. The van der Waals surface area contributed by atoms with Crippen molar-refractivity contribution in [2.75, 3.05) is 75.3 Å². The Balaban J connectivity index is 1.13. The van der Waals surface area contributed by atoms with E-state index in [-0.39, 0.29) is 11.1 Å². The van der Waals surface area contributed by atoms with Crippen LogP contribution in [0.2, 0.25) is 5.02 Å². The molecule has 1 atom stereocenters. The van der Waals surface area contributed by atoms with Gasteiger partial charge in [-0.15, -0.1) is 0 Å². The smallest absolute Gasteiger partial charge is 0.158 e. The average Bonchev–Trinajstić information content (AvgIpc) is 3.49. The summed E-state index contributed by atoms with van der Waals surface area (Å²) in [6, 6.07) is 13.3. The number of nitrogens with one attached hydrogen (secondary N) is 1. The van der Waals surface area contributed by atoms with Crippen LogP contribution in [0, 0.1) is 5.82 Å². The van der Waals surface area contributed by atoms with E-state index in [1.807, 2.05) is 12.1 Å². The van der Waals surface area contributed by atoms with E-state index in [1.54, 1.807) is 36.4 Å². The zero-order valence-electron chi connectivity index (χ0n) is 23.6. The summed E-state index contributed by atoms with van der Waals surface area (Å²) in [7, 11) is 3.92. The number of hydrogen-bond donors (Lipinski definition) is 1. The van der Waals surface area contributed by atoms with Crippen molar-refractivity contribution in [2.45, 2.75) is 31.3 Å². The maximum Gasteiger partial charge on any atom is 0.158 e. The molecular formula is C30H37ClFN7O2. The highest BCUT2D eigenvalue weighted by atomic mass is 35.5. The molecule has 9 nitrogen and oxygen atoms in total. The SMILES string of the molecule is COc1cc(Nc2cc(N3OCCC3c3cccc(Cl)c3F)ncn2)ccc1N1CCC(N2CCN(C)CC2)CC1. The maximum absolute atomic E-state index is 14.8. The summed E-state index contributed by atoms with van der Waals surface area (Å²) in [5.41, 5.74) is 2.44. The second kappa shape index (κ2) is 12.4. The van der Waals surface area contributed by atoms with Crippen LogP contribution in [-0.2, 0) is 4.84 Å². The molecular weight excluding hydrogens is 545 g/mol. The number of nitrogens with zero attached hydrogens (tertiary/aromatic N) is 6. The number of halogens is 2. The van der Waals surface area contributed by atoms with Gasteiger partial charge in [-0.25, -0.2) is 19.4 Å². The van der Waals surface area contributed by atoms with Crippen LogP contribution in [-0.4, -0.2) is 85.8 Å². The van der Waals surface area contributed by atoms with E-state index >= 15 is 0 Å². The fourth-order valence-electron chi connectivity index (χ4n) is 6.11. The van der Waals surface area contributed by atoms with E-state index in [2.05, 4.69) is 43.1 Å². The molecule has 0 radical (unpaired) electrons. The number of anilines is 4. The van der Waals surface area contributed by atoms with Gasteiger partial charge in [-0.1, -0.05) is 23.7 Å². The number of likely N-dealkylation sites (N-methyl/N-ethyl adjacent to an activating group) is 1. The highest BCUT2D eigenvalue weighted by molar-refractivity contribution is 6.30. The molecule has 0 saturated carbocycles. The van der Waals surface area contributed by atoms with Crippen molar-refractivity contribution in [1.82, 2.24) is 19.8 Å². The summed E-state index contributed by atoms with van der Waals surface area (Å²) in [6.07, 6.45) is 4.42. The van der Waals surface area contributed by atoms with Crippen molar-refractivity contribution in [3.8, 4) is 5.75 Å². The normalized spacial score (nSPS) is 20.9. The van der Waals surface area contributed by atoms with Crippen molar-refractivity contribution in [2.24, 2.45) is 0 Å². The molecule has 3 aliphatic rings. The molecule has 0 spiro atoms. The van der Waals surface area contributed by atoms with Crippen LogP contribution in [0.5, 0.6) is 5.75 Å². The van der Waals surface area contributed by atoms with E-state index in [0.717, 1.165) is 69.2 Å². The van der Waals surface area contributed by atoms with Gasteiger partial charge < -0.3 is 19.9 Å². The number of benzene rings is 2. The lowest BCUT2D eigenvalue weighted by molar-refractivity contribution is 0.0981. The van der Waals surface area contributed by atoms with Gasteiger partial charge in [0.15, 0.2) is 5.82 Å². The lowest BCUT2D eigenvalue weighted by atomic mass is 10.0. The van der Waals surface area contributed by atoms with Gasteiger partial charge in [0.2, 0.25) is 0 Å². The van der Waals surface area contributed by atoms with E-state index < -0.39 is 5.82 Å². The molecule has 1 unspecified atom stereocenters. The van der Waals surface area contributed by atoms with E-state index in [4.69, 9.17) is 21.2 Å². The number of aromatic nitrogens is 2. The molecule has 6 rings (SSSR count). The number of piperazine rings is 1. The highest BCUT2D eigenvalue weighted by Crippen LogP contribution is 2.38. The van der Waals surface area contributed by atoms with Gasteiger partial charge in [-0.3, -0.25) is 9.74 Å². The molecule has 3 saturated heterocycles. The molecule has 3 fully saturated rings.